The first-order valence-corrected chi connectivity index (χ1v) is 7.37. The molecule has 0 fully saturated rings. The molecule has 0 heterocycles. The van der Waals surface area contributed by atoms with Crippen molar-refractivity contribution in [3.63, 3.8) is 0 Å². The molecule has 0 spiro atoms. The summed E-state index contributed by atoms with van der Waals surface area (Å²) in [6, 6.07) is 4.25. The van der Waals surface area contributed by atoms with Gasteiger partial charge in [0, 0.05) is 18.2 Å². The SMILES string of the molecule is CCNC(CCN(C)C(C)CC)c1cc(F)cc(F)c1. The molecule has 1 rings (SSSR count). The average Bonchev–Trinajstić information content (AvgIpc) is 2.40. The maximum absolute atomic E-state index is 13.3. The molecule has 20 heavy (non-hydrogen) atoms. The van der Waals surface area contributed by atoms with E-state index in [0.717, 1.165) is 32.0 Å². The van der Waals surface area contributed by atoms with Gasteiger partial charge in [0.2, 0.25) is 0 Å². The van der Waals surface area contributed by atoms with Gasteiger partial charge in [-0.25, -0.2) is 8.78 Å². The minimum absolute atomic E-state index is 0.0169. The minimum Gasteiger partial charge on any atom is -0.310 e. The zero-order valence-corrected chi connectivity index (χ0v) is 12.9. The molecule has 2 atom stereocenters. The second-order valence-corrected chi connectivity index (χ2v) is 5.34. The van der Waals surface area contributed by atoms with Crippen molar-refractivity contribution in [1.82, 2.24) is 10.2 Å². The predicted molar refractivity (Wildman–Crippen MR) is 79.8 cm³/mol. The molecule has 2 unspecified atom stereocenters. The van der Waals surface area contributed by atoms with Crippen LogP contribution in [0.25, 0.3) is 0 Å². The Labute approximate surface area is 121 Å². The van der Waals surface area contributed by atoms with Crippen LogP contribution in [0.3, 0.4) is 0 Å². The summed E-state index contributed by atoms with van der Waals surface area (Å²) in [5, 5.41) is 3.31. The lowest BCUT2D eigenvalue weighted by Crippen LogP contribution is -2.32. The summed E-state index contributed by atoms with van der Waals surface area (Å²) in [6.45, 7) is 8.01. The van der Waals surface area contributed by atoms with Gasteiger partial charge in [0.15, 0.2) is 0 Å². The highest BCUT2D eigenvalue weighted by molar-refractivity contribution is 5.21. The van der Waals surface area contributed by atoms with Gasteiger partial charge in [-0.05, 0) is 57.6 Å². The number of nitrogens with one attached hydrogen (secondary N) is 1. The lowest BCUT2D eigenvalue weighted by Gasteiger charge is -2.26. The molecule has 0 aliphatic heterocycles. The highest BCUT2D eigenvalue weighted by atomic mass is 19.1. The van der Waals surface area contributed by atoms with Gasteiger partial charge in [-0.1, -0.05) is 13.8 Å². The fourth-order valence-corrected chi connectivity index (χ4v) is 2.27. The second-order valence-electron chi connectivity index (χ2n) is 5.34. The normalized spacial score (nSPS) is 14.6. The molecular formula is C16H26F2N2. The molecule has 0 saturated heterocycles. The number of hydrogen-bond donors (Lipinski definition) is 1. The Hall–Kier alpha value is -1.00. The third-order valence-corrected chi connectivity index (χ3v) is 3.85. The monoisotopic (exact) mass is 284 g/mol. The van der Waals surface area contributed by atoms with Crippen LogP contribution >= 0.6 is 0 Å². The topological polar surface area (TPSA) is 15.3 Å². The molecule has 1 aromatic carbocycles. The summed E-state index contributed by atoms with van der Waals surface area (Å²) < 4.78 is 26.7. The van der Waals surface area contributed by atoms with Crippen LogP contribution in [0.1, 0.15) is 45.2 Å². The van der Waals surface area contributed by atoms with Gasteiger partial charge in [-0.2, -0.15) is 0 Å². The number of nitrogens with zero attached hydrogens (tertiary/aromatic N) is 1. The molecule has 4 heteroatoms. The van der Waals surface area contributed by atoms with Crippen molar-refractivity contribution in [3.05, 3.63) is 35.4 Å². The number of hydrogen-bond acceptors (Lipinski definition) is 2. The number of benzene rings is 1. The Morgan fingerprint density at radius 1 is 1.15 bits per heavy atom. The zero-order chi connectivity index (χ0) is 15.1. The summed E-state index contributed by atoms with van der Waals surface area (Å²) in [7, 11) is 2.09. The molecular weight excluding hydrogens is 258 g/mol. The van der Waals surface area contributed by atoms with E-state index in [4.69, 9.17) is 0 Å². The van der Waals surface area contributed by atoms with E-state index >= 15 is 0 Å². The van der Waals surface area contributed by atoms with E-state index in [0.29, 0.717) is 11.6 Å². The molecule has 0 aliphatic rings. The molecule has 114 valence electrons. The van der Waals surface area contributed by atoms with Crippen LogP contribution < -0.4 is 5.32 Å². The van der Waals surface area contributed by atoms with Crippen LogP contribution in [-0.2, 0) is 0 Å². The molecule has 0 aliphatic carbocycles. The molecule has 0 bridgehead atoms. The second kappa shape index (κ2) is 8.32. The highest BCUT2D eigenvalue weighted by Crippen LogP contribution is 2.20. The van der Waals surface area contributed by atoms with Gasteiger partial charge in [-0.15, -0.1) is 0 Å². The van der Waals surface area contributed by atoms with Crippen molar-refractivity contribution >= 4 is 0 Å². The van der Waals surface area contributed by atoms with Crippen LogP contribution in [0.15, 0.2) is 18.2 Å². The van der Waals surface area contributed by atoms with Crippen LogP contribution in [-0.4, -0.2) is 31.1 Å². The first-order valence-electron chi connectivity index (χ1n) is 7.37. The van der Waals surface area contributed by atoms with E-state index in [9.17, 15) is 8.78 Å². The van der Waals surface area contributed by atoms with Crippen molar-refractivity contribution in [3.8, 4) is 0 Å². The summed E-state index contributed by atoms with van der Waals surface area (Å²) in [4.78, 5) is 2.28. The highest BCUT2D eigenvalue weighted by Gasteiger charge is 2.15. The third kappa shape index (κ3) is 5.17. The first-order chi connectivity index (χ1) is 9.47. The van der Waals surface area contributed by atoms with Gasteiger partial charge in [0.1, 0.15) is 11.6 Å². The van der Waals surface area contributed by atoms with Crippen molar-refractivity contribution in [2.75, 3.05) is 20.1 Å². The largest absolute Gasteiger partial charge is 0.310 e. The van der Waals surface area contributed by atoms with Crippen molar-refractivity contribution in [1.29, 1.82) is 0 Å². The smallest absolute Gasteiger partial charge is 0.126 e. The number of rotatable bonds is 8. The Bertz CT molecular complexity index is 389. The summed E-state index contributed by atoms with van der Waals surface area (Å²) >= 11 is 0. The molecule has 1 N–H and O–H groups in total. The van der Waals surface area contributed by atoms with E-state index in [1.807, 2.05) is 6.92 Å². The van der Waals surface area contributed by atoms with Gasteiger partial charge in [0.25, 0.3) is 0 Å². The molecule has 1 aromatic rings. The predicted octanol–water partition coefficient (Wildman–Crippen LogP) is 3.74. The summed E-state index contributed by atoms with van der Waals surface area (Å²) in [5.41, 5.74) is 0.682. The fraction of sp³-hybridized carbons (Fsp3) is 0.625. The van der Waals surface area contributed by atoms with E-state index in [2.05, 4.69) is 31.1 Å². The Kier molecular flexibility index (Phi) is 7.10. The molecule has 0 amide bonds. The van der Waals surface area contributed by atoms with E-state index in [-0.39, 0.29) is 6.04 Å². The Balaban J connectivity index is 2.73. The van der Waals surface area contributed by atoms with Crippen LogP contribution in [0.2, 0.25) is 0 Å². The molecule has 0 radical (unpaired) electrons. The van der Waals surface area contributed by atoms with Gasteiger partial charge in [-0.3, -0.25) is 0 Å². The van der Waals surface area contributed by atoms with E-state index in [1.54, 1.807) is 0 Å². The molecule has 0 saturated carbocycles. The van der Waals surface area contributed by atoms with Gasteiger partial charge >= 0.3 is 0 Å². The molecule has 0 aromatic heterocycles. The maximum atomic E-state index is 13.3. The number of halogens is 2. The fourth-order valence-electron chi connectivity index (χ4n) is 2.27. The van der Waals surface area contributed by atoms with Crippen molar-refractivity contribution < 1.29 is 8.78 Å². The first kappa shape index (κ1) is 17.1. The quantitative estimate of drug-likeness (QED) is 0.782. The zero-order valence-electron chi connectivity index (χ0n) is 12.9. The third-order valence-electron chi connectivity index (χ3n) is 3.85. The van der Waals surface area contributed by atoms with Crippen LogP contribution in [0.5, 0.6) is 0 Å². The van der Waals surface area contributed by atoms with E-state index in [1.165, 1.54) is 12.1 Å². The van der Waals surface area contributed by atoms with Crippen molar-refractivity contribution in [2.24, 2.45) is 0 Å². The van der Waals surface area contributed by atoms with Gasteiger partial charge < -0.3 is 10.2 Å². The lowest BCUT2D eigenvalue weighted by molar-refractivity contribution is 0.237. The molecule has 2 nitrogen and oxygen atoms in total. The van der Waals surface area contributed by atoms with Crippen LogP contribution in [0, 0.1) is 11.6 Å². The van der Waals surface area contributed by atoms with Crippen LogP contribution in [0.4, 0.5) is 8.78 Å². The van der Waals surface area contributed by atoms with E-state index < -0.39 is 11.6 Å². The standard InChI is InChI=1S/C16H26F2N2/c1-5-12(3)20(4)8-7-16(19-6-2)13-9-14(17)11-15(18)10-13/h9-12,16,19H,5-8H2,1-4H3. The average molecular weight is 284 g/mol. The minimum atomic E-state index is -0.516. The lowest BCUT2D eigenvalue weighted by atomic mass is 10.0. The van der Waals surface area contributed by atoms with Crippen molar-refractivity contribution in [2.45, 2.75) is 45.7 Å². The Morgan fingerprint density at radius 2 is 1.75 bits per heavy atom. The summed E-state index contributed by atoms with van der Waals surface area (Å²) in [5.74, 6) is -1.03. The summed E-state index contributed by atoms with van der Waals surface area (Å²) in [6.07, 6.45) is 1.93. The maximum Gasteiger partial charge on any atom is 0.126 e. The van der Waals surface area contributed by atoms with Gasteiger partial charge in [0.05, 0.1) is 0 Å². The Morgan fingerprint density at radius 3 is 2.25 bits per heavy atom.